The maximum atomic E-state index is 12.1. The highest BCUT2D eigenvalue weighted by Gasteiger charge is 2.20. The van der Waals surface area contributed by atoms with E-state index in [0.29, 0.717) is 13.0 Å². The SMILES string of the molecule is Cc1ccc(CC(=O)N2CCCC(N)C2)cc1. The molecule has 1 aromatic carbocycles. The first-order chi connectivity index (χ1) is 8.15. The van der Waals surface area contributed by atoms with Crippen molar-refractivity contribution in [1.82, 2.24) is 4.90 Å². The lowest BCUT2D eigenvalue weighted by atomic mass is 10.0. The fourth-order valence-electron chi connectivity index (χ4n) is 2.23. The van der Waals surface area contributed by atoms with Crippen molar-refractivity contribution in [2.24, 2.45) is 5.73 Å². The molecule has 0 radical (unpaired) electrons. The highest BCUT2D eigenvalue weighted by atomic mass is 16.2. The Balaban J connectivity index is 1.94. The number of benzene rings is 1. The zero-order valence-corrected chi connectivity index (χ0v) is 10.4. The molecule has 17 heavy (non-hydrogen) atoms. The van der Waals surface area contributed by atoms with Crippen LogP contribution >= 0.6 is 0 Å². The van der Waals surface area contributed by atoms with Crippen molar-refractivity contribution in [1.29, 1.82) is 0 Å². The molecule has 0 saturated carbocycles. The summed E-state index contributed by atoms with van der Waals surface area (Å²) in [5.41, 5.74) is 8.19. The minimum atomic E-state index is 0.158. The van der Waals surface area contributed by atoms with Gasteiger partial charge < -0.3 is 10.6 Å². The average molecular weight is 232 g/mol. The third kappa shape index (κ3) is 3.30. The van der Waals surface area contributed by atoms with Crippen molar-refractivity contribution in [3.8, 4) is 0 Å². The van der Waals surface area contributed by atoms with E-state index < -0.39 is 0 Å². The minimum absolute atomic E-state index is 0.158. The van der Waals surface area contributed by atoms with E-state index >= 15 is 0 Å². The van der Waals surface area contributed by atoms with Gasteiger partial charge in [0, 0.05) is 19.1 Å². The third-order valence-corrected chi connectivity index (χ3v) is 3.29. The summed E-state index contributed by atoms with van der Waals surface area (Å²) in [5, 5.41) is 0. The van der Waals surface area contributed by atoms with Crippen molar-refractivity contribution in [2.75, 3.05) is 13.1 Å². The molecular weight excluding hydrogens is 212 g/mol. The van der Waals surface area contributed by atoms with E-state index in [9.17, 15) is 4.79 Å². The number of rotatable bonds is 2. The Labute approximate surface area is 103 Å². The van der Waals surface area contributed by atoms with Crippen molar-refractivity contribution in [2.45, 2.75) is 32.2 Å². The van der Waals surface area contributed by atoms with Gasteiger partial charge in [-0.25, -0.2) is 0 Å². The Kier molecular flexibility index (Phi) is 3.79. The Morgan fingerprint density at radius 2 is 2.12 bits per heavy atom. The summed E-state index contributed by atoms with van der Waals surface area (Å²) in [6, 6.07) is 8.30. The molecule has 0 bridgehead atoms. The topological polar surface area (TPSA) is 46.3 Å². The van der Waals surface area contributed by atoms with E-state index in [-0.39, 0.29) is 11.9 Å². The highest BCUT2D eigenvalue weighted by molar-refractivity contribution is 5.78. The fraction of sp³-hybridized carbons (Fsp3) is 0.500. The van der Waals surface area contributed by atoms with Crippen LogP contribution in [0.5, 0.6) is 0 Å². The normalized spacial score (nSPS) is 20.4. The average Bonchev–Trinajstić information content (AvgIpc) is 2.32. The first-order valence-electron chi connectivity index (χ1n) is 6.24. The number of carbonyl (C=O) groups excluding carboxylic acids is 1. The number of nitrogens with two attached hydrogens (primary N) is 1. The summed E-state index contributed by atoms with van der Waals surface area (Å²) in [4.78, 5) is 14.0. The lowest BCUT2D eigenvalue weighted by molar-refractivity contribution is -0.131. The monoisotopic (exact) mass is 232 g/mol. The van der Waals surface area contributed by atoms with Crippen LogP contribution in [0.4, 0.5) is 0 Å². The molecule has 92 valence electrons. The second-order valence-corrected chi connectivity index (χ2v) is 4.90. The van der Waals surface area contributed by atoms with Gasteiger partial charge in [0.05, 0.1) is 6.42 Å². The number of likely N-dealkylation sites (tertiary alicyclic amines) is 1. The van der Waals surface area contributed by atoms with Crippen molar-refractivity contribution in [3.63, 3.8) is 0 Å². The predicted molar refractivity (Wildman–Crippen MR) is 68.7 cm³/mol. The van der Waals surface area contributed by atoms with Crippen LogP contribution in [-0.4, -0.2) is 29.9 Å². The van der Waals surface area contributed by atoms with Gasteiger partial charge in [0.2, 0.25) is 5.91 Å². The van der Waals surface area contributed by atoms with Gasteiger partial charge in [0.1, 0.15) is 0 Å². The van der Waals surface area contributed by atoms with Gasteiger partial charge in [0.15, 0.2) is 0 Å². The van der Waals surface area contributed by atoms with Crippen LogP contribution in [0.1, 0.15) is 24.0 Å². The molecule has 1 aliphatic rings. The summed E-state index contributed by atoms with van der Waals surface area (Å²) in [5.74, 6) is 0.198. The van der Waals surface area contributed by atoms with Gasteiger partial charge in [0.25, 0.3) is 0 Å². The van der Waals surface area contributed by atoms with Crippen LogP contribution in [-0.2, 0) is 11.2 Å². The summed E-state index contributed by atoms with van der Waals surface area (Å²) in [7, 11) is 0. The number of hydrogen-bond acceptors (Lipinski definition) is 2. The third-order valence-electron chi connectivity index (χ3n) is 3.29. The fourth-order valence-corrected chi connectivity index (χ4v) is 2.23. The van der Waals surface area contributed by atoms with E-state index in [4.69, 9.17) is 5.73 Å². The van der Waals surface area contributed by atoms with Crippen LogP contribution in [0.2, 0.25) is 0 Å². The van der Waals surface area contributed by atoms with Gasteiger partial charge in [-0.3, -0.25) is 4.79 Å². The van der Waals surface area contributed by atoms with Gasteiger partial charge in [-0.2, -0.15) is 0 Å². The molecule has 1 amide bonds. The van der Waals surface area contributed by atoms with Gasteiger partial charge in [-0.15, -0.1) is 0 Å². The van der Waals surface area contributed by atoms with Crippen LogP contribution in [0.15, 0.2) is 24.3 Å². The summed E-state index contributed by atoms with van der Waals surface area (Å²) in [6.45, 7) is 3.62. The van der Waals surface area contributed by atoms with Gasteiger partial charge in [-0.05, 0) is 25.3 Å². The number of carbonyl (C=O) groups is 1. The Morgan fingerprint density at radius 1 is 1.41 bits per heavy atom. The maximum Gasteiger partial charge on any atom is 0.227 e. The Hall–Kier alpha value is -1.35. The molecule has 1 aromatic rings. The van der Waals surface area contributed by atoms with Gasteiger partial charge in [-0.1, -0.05) is 29.8 Å². The minimum Gasteiger partial charge on any atom is -0.341 e. The summed E-state index contributed by atoms with van der Waals surface area (Å²) in [6.07, 6.45) is 2.56. The standard InChI is InChI=1S/C14H20N2O/c1-11-4-6-12(7-5-11)9-14(17)16-8-2-3-13(15)10-16/h4-7,13H,2-3,8-10,15H2,1H3. The van der Waals surface area contributed by atoms with Crippen molar-refractivity contribution in [3.05, 3.63) is 35.4 Å². The number of hydrogen-bond donors (Lipinski definition) is 1. The molecule has 2 rings (SSSR count). The van der Waals surface area contributed by atoms with Crippen LogP contribution in [0.25, 0.3) is 0 Å². The van der Waals surface area contributed by atoms with E-state index in [1.165, 1.54) is 5.56 Å². The largest absolute Gasteiger partial charge is 0.341 e. The van der Waals surface area contributed by atoms with Crippen LogP contribution in [0, 0.1) is 6.92 Å². The Bertz CT molecular complexity index is 386. The highest BCUT2D eigenvalue weighted by Crippen LogP contribution is 2.11. The molecule has 1 atom stereocenters. The molecule has 0 aliphatic carbocycles. The van der Waals surface area contributed by atoms with E-state index in [2.05, 4.69) is 6.92 Å². The number of aryl methyl sites for hydroxylation is 1. The first kappa shape index (κ1) is 12.1. The summed E-state index contributed by atoms with van der Waals surface area (Å²) < 4.78 is 0. The molecule has 1 fully saturated rings. The molecule has 0 aromatic heterocycles. The molecule has 3 heteroatoms. The lowest BCUT2D eigenvalue weighted by Crippen LogP contribution is -2.46. The van der Waals surface area contributed by atoms with Crippen molar-refractivity contribution < 1.29 is 4.79 Å². The van der Waals surface area contributed by atoms with Crippen LogP contribution < -0.4 is 5.73 Å². The second-order valence-electron chi connectivity index (χ2n) is 4.90. The number of amides is 1. The van der Waals surface area contributed by atoms with Gasteiger partial charge >= 0.3 is 0 Å². The zero-order valence-electron chi connectivity index (χ0n) is 10.4. The number of nitrogens with zero attached hydrogens (tertiary/aromatic N) is 1. The molecule has 1 saturated heterocycles. The van der Waals surface area contributed by atoms with Crippen molar-refractivity contribution >= 4 is 5.91 Å². The van der Waals surface area contributed by atoms with E-state index in [1.807, 2.05) is 29.2 Å². The Morgan fingerprint density at radius 3 is 2.76 bits per heavy atom. The quantitative estimate of drug-likeness (QED) is 0.839. The number of piperidine rings is 1. The molecule has 0 spiro atoms. The molecule has 1 unspecified atom stereocenters. The van der Waals surface area contributed by atoms with E-state index in [0.717, 1.165) is 24.9 Å². The molecular formula is C14H20N2O. The molecule has 2 N–H and O–H groups in total. The van der Waals surface area contributed by atoms with Crippen LogP contribution in [0.3, 0.4) is 0 Å². The first-order valence-corrected chi connectivity index (χ1v) is 6.24. The van der Waals surface area contributed by atoms with E-state index in [1.54, 1.807) is 0 Å². The smallest absolute Gasteiger partial charge is 0.227 e. The molecule has 1 heterocycles. The molecule has 1 aliphatic heterocycles. The second kappa shape index (κ2) is 5.32. The summed E-state index contributed by atoms with van der Waals surface area (Å²) >= 11 is 0. The zero-order chi connectivity index (χ0) is 12.3. The predicted octanol–water partition coefficient (Wildman–Crippen LogP) is 1.49. The lowest BCUT2D eigenvalue weighted by Gasteiger charge is -2.30. The molecule has 3 nitrogen and oxygen atoms in total. The maximum absolute atomic E-state index is 12.1.